The number of nitrogens with two attached hydrogens (primary N) is 1. The van der Waals surface area contributed by atoms with Gasteiger partial charge in [-0.3, -0.25) is 0 Å². The summed E-state index contributed by atoms with van der Waals surface area (Å²) in [6.07, 6.45) is 0. The number of hydrogen-bond acceptors (Lipinski definition) is 2. The molecule has 0 aliphatic carbocycles. The van der Waals surface area contributed by atoms with Gasteiger partial charge in [-0.1, -0.05) is 0 Å². The van der Waals surface area contributed by atoms with Gasteiger partial charge < -0.3 is 15.0 Å². The molecule has 0 saturated carbocycles. The maximum atomic E-state index is 13.6. The van der Waals surface area contributed by atoms with Gasteiger partial charge in [0.25, 0.3) is 0 Å². The van der Waals surface area contributed by atoms with Crippen LogP contribution in [0, 0.1) is 12.7 Å². The average molecular weight is 222 g/mol. The molecule has 4 heteroatoms. The van der Waals surface area contributed by atoms with Crippen LogP contribution in [0.25, 0.3) is 10.9 Å². The molecular weight excluding hydrogens is 207 g/mol. The summed E-state index contributed by atoms with van der Waals surface area (Å²) in [6.45, 7) is 2.39. The molecule has 1 aromatic heterocycles. The summed E-state index contributed by atoms with van der Waals surface area (Å²) in [7, 11) is 3.40. The normalized spacial score (nSPS) is 11.1. The van der Waals surface area contributed by atoms with Crippen LogP contribution in [0.3, 0.4) is 0 Å². The van der Waals surface area contributed by atoms with Crippen molar-refractivity contribution >= 4 is 10.9 Å². The van der Waals surface area contributed by atoms with Crippen molar-refractivity contribution in [3.63, 3.8) is 0 Å². The van der Waals surface area contributed by atoms with Gasteiger partial charge in [-0.05, 0) is 18.6 Å². The van der Waals surface area contributed by atoms with E-state index in [9.17, 15) is 4.39 Å². The fraction of sp³-hybridized carbons (Fsp3) is 0.333. The molecule has 3 nitrogen and oxygen atoms in total. The maximum Gasteiger partial charge on any atom is 0.165 e. The van der Waals surface area contributed by atoms with Crippen LogP contribution in [-0.4, -0.2) is 11.7 Å². The van der Waals surface area contributed by atoms with E-state index in [1.807, 2.05) is 18.5 Å². The third-order valence-electron chi connectivity index (χ3n) is 3.10. The lowest BCUT2D eigenvalue weighted by Crippen LogP contribution is -1.99. The Bertz CT molecular complexity index is 546. The first-order chi connectivity index (χ1) is 7.60. The summed E-state index contributed by atoms with van der Waals surface area (Å²) in [5.74, 6) is -0.0908. The van der Waals surface area contributed by atoms with E-state index in [0.717, 1.165) is 22.2 Å². The molecule has 0 atom stereocenters. The van der Waals surface area contributed by atoms with Crippen LogP contribution >= 0.6 is 0 Å². The van der Waals surface area contributed by atoms with Crippen LogP contribution in [0.5, 0.6) is 5.75 Å². The highest BCUT2D eigenvalue weighted by Gasteiger charge is 2.14. The molecule has 1 aromatic carbocycles. The van der Waals surface area contributed by atoms with Gasteiger partial charge in [0.1, 0.15) is 0 Å². The van der Waals surface area contributed by atoms with Crippen molar-refractivity contribution in [2.75, 3.05) is 7.11 Å². The molecule has 16 heavy (non-hydrogen) atoms. The predicted octanol–water partition coefficient (Wildman–Crippen LogP) is 2.09. The van der Waals surface area contributed by atoms with Crippen LogP contribution in [0.4, 0.5) is 4.39 Å². The lowest BCUT2D eigenvalue weighted by Gasteiger charge is -2.03. The van der Waals surface area contributed by atoms with Crippen LogP contribution in [0.1, 0.15) is 11.3 Å². The van der Waals surface area contributed by atoms with E-state index in [0.29, 0.717) is 6.54 Å². The highest BCUT2D eigenvalue weighted by Crippen LogP contribution is 2.30. The van der Waals surface area contributed by atoms with Crippen LogP contribution < -0.4 is 10.5 Å². The van der Waals surface area contributed by atoms with Crippen molar-refractivity contribution < 1.29 is 9.13 Å². The first-order valence-corrected chi connectivity index (χ1v) is 5.11. The van der Waals surface area contributed by atoms with Crippen LogP contribution in [0.15, 0.2) is 12.1 Å². The van der Waals surface area contributed by atoms with Gasteiger partial charge in [0, 0.05) is 30.7 Å². The number of fused-ring (bicyclic) bond motifs is 1. The number of hydrogen-bond donors (Lipinski definition) is 1. The number of aromatic nitrogens is 1. The van der Waals surface area contributed by atoms with Crippen LogP contribution in [0.2, 0.25) is 0 Å². The van der Waals surface area contributed by atoms with Crippen molar-refractivity contribution in [2.24, 2.45) is 12.8 Å². The maximum absolute atomic E-state index is 13.6. The number of aryl methyl sites for hydroxylation is 1. The SMILES string of the molecule is COc1cc2c(cc1F)c(CN)c(C)n2C. The smallest absolute Gasteiger partial charge is 0.165 e. The van der Waals surface area contributed by atoms with Gasteiger partial charge in [-0.25, -0.2) is 4.39 Å². The Kier molecular flexibility index (Phi) is 2.59. The second-order valence-corrected chi connectivity index (χ2v) is 3.83. The molecule has 0 spiro atoms. The van der Waals surface area contributed by atoms with E-state index in [-0.39, 0.29) is 11.6 Å². The van der Waals surface area contributed by atoms with E-state index in [4.69, 9.17) is 10.5 Å². The largest absolute Gasteiger partial charge is 0.494 e. The van der Waals surface area contributed by atoms with Gasteiger partial charge >= 0.3 is 0 Å². The zero-order valence-corrected chi connectivity index (χ0v) is 9.67. The van der Waals surface area contributed by atoms with Gasteiger partial charge in [0.15, 0.2) is 11.6 Å². The van der Waals surface area contributed by atoms with Crippen molar-refractivity contribution in [1.82, 2.24) is 4.57 Å². The van der Waals surface area contributed by atoms with E-state index in [1.165, 1.54) is 13.2 Å². The quantitative estimate of drug-likeness (QED) is 0.845. The second kappa shape index (κ2) is 3.79. The molecule has 0 amide bonds. The molecule has 86 valence electrons. The first kappa shape index (κ1) is 11.0. The fourth-order valence-corrected chi connectivity index (χ4v) is 2.05. The van der Waals surface area contributed by atoms with Gasteiger partial charge in [-0.15, -0.1) is 0 Å². The number of benzene rings is 1. The van der Waals surface area contributed by atoms with E-state index >= 15 is 0 Å². The summed E-state index contributed by atoms with van der Waals surface area (Å²) >= 11 is 0. The molecular formula is C12H15FN2O. The Morgan fingerprint density at radius 2 is 2.12 bits per heavy atom. The standard InChI is InChI=1S/C12H15FN2O/c1-7-9(6-14)8-4-10(13)12(16-3)5-11(8)15(7)2/h4-5H,6,14H2,1-3H3. The fourth-order valence-electron chi connectivity index (χ4n) is 2.05. The van der Waals surface area contributed by atoms with E-state index < -0.39 is 0 Å². The van der Waals surface area contributed by atoms with Crippen molar-refractivity contribution in [3.05, 3.63) is 29.2 Å². The summed E-state index contributed by atoms with van der Waals surface area (Å²) in [4.78, 5) is 0. The number of methoxy groups -OCH3 is 1. The minimum atomic E-state index is -0.352. The Labute approximate surface area is 93.6 Å². The van der Waals surface area contributed by atoms with Gasteiger partial charge in [0.2, 0.25) is 0 Å². The summed E-state index contributed by atoms with van der Waals surface area (Å²) in [5, 5.41) is 0.862. The first-order valence-electron chi connectivity index (χ1n) is 5.11. The lowest BCUT2D eigenvalue weighted by atomic mass is 10.1. The molecule has 2 rings (SSSR count). The van der Waals surface area contributed by atoms with Crippen molar-refractivity contribution in [2.45, 2.75) is 13.5 Å². The second-order valence-electron chi connectivity index (χ2n) is 3.83. The van der Waals surface area contributed by atoms with Crippen LogP contribution in [-0.2, 0) is 13.6 Å². The minimum absolute atomic E-state index is 0.261. The Hall–Kier alpha value is -1.55. The highest BCUT2D eigenvalue weighted by molar-refractivity contribution is 5.86. The Morgan fingerprint density at radius 3 is 2.69 bits per heavy atom. The van der Waals surface area contributed by atoms with Gasteiger partial charge in [0.05, 0.1) is 12.6 Å². The average Bonchev–Trinajstić information content (AvgIpc) is 2.50. The number of halogens is 1. The molecule has 0 aliphatic rings. The molecule has 2 aromatic rings. The molecule has 1 heterocycles. The third kappa shape index (κ3) is 1.38. The summed E-state index contributed by atoms with van der Waals surface area (Å²) in [6, 6.07) is 3.19. The number of nitrogens with zero attached hydrogens (tertiary/aromatic N) is 1. The Balaban J connectivity index is 2.85. The zero-order chi connectivity index (χ0) is 11.9. The summed E-state index contributed by atoms with van der Waals surface area (Å²) < 4.78 is 20.6. The van der Waals surface area contributed by atoms with Crippen molar-refractivity contribution in [1.29, 1.82) is 0 Å². The number of rotatable bonds is 2. The topological polar surface area (TPSA) is 40.2 Å². The van der Waals surface area contributed by atoms with E-state index in [1.54, 1.807) is 6.07 Å². The minimum Gasteiger partial charge on any atom is -0.494 e. The van der Waals surface area contributed by atoms with E-state index in [2.05, 4.69) is 0 Å². The molecule has 0 fully saturated rings. The highest BCUT2D eigenvalue weighted by atomic mass is 19.1. The molecule has 2 N–H and O–H groups in total. The zero-order valence-electron chi connectivity index (χ0n) is 9.67. The molecule has 0 aliphatic heterocycles. The third-order valence-corrected chi connectivity index (χ3v) is 3.10. The summed E-state index contributed by atoms with van der Waals surface area (Å²) in [5.41, 5.74) is 8.67. The molecule has 0 bridgehead atoms. The van der Waals surface area contributed by atoms with Gasteiger partial charge in [-0.2, -0.15) is 0 Å². The molecule has 0 radical (unpaired) electrons. The molecule has 0 saturated heterocycles. The monoisotopic (exact) mass is 222 g/mol. The number of ether oxygens (including phenoxy) is 1. The lowest BCUT2D eigenvalue weighted by molar-refractivity contribution is 0.387. The van der Waals surface area contributed by atoms with Crippen molar-refractivity contribution in [3.8, 4) is 5.75 Å². The molecule has 0 unspecified atom stereocenters. The predicted molar refractivity (Wildman–Crippen MR) is 62.1 cm³/mol. The Morgan fingerprint density at radius 1 is 1.44 bits per heavy atom.